The number of halogens is 1. The number of esters is 1. The van der Waals surface area contributed by atoms with Gasteiger partial charge in [0.25, 0.3) is 0 Å². The van der Waals surface area contributed by atoms with E-state index in [2.05, 4.69) is 33.2 Å². The maximum Gasteiger partial charge on any atom is 0.329 e. The molecule has 1 atom stereocenters. The lowest BCUT2D eigenvalue weighted by molar-refractivity contribution is -0.157. The van der Waals surface area contributed by atoms with Crippen molar-refractivity contribution in [2.75, 3.05) is 5.32 Å². The van der Waals surface area contributed by atoms with Gasteiger partial charge in [-0.25, -0.2) is 9.59 Å². The second-order valence-corrected chi connectivity index (χ2v) is 8.07. The van der Waals surface area contributed by atoms with Gasteiger partial charge in [0.15, 0.2) is 0 Å². The molecule has 0 radical (unpaired) electrons. The number of hydrogen-bond acceptors (Lipinski definition) is 3. The Morgan fingerprint density at radius 2 is 1.74 bits per heavy atom. The summed E-state index contributed by atoms with van der Waals surface area (Å²) in [6.07, 6.45) is 0.523. The highest BCUT2D eigenvalue weighted by atomic mass is 127. The molecule has 0 saturated carbocycles. The summed E-state index contributed by atoms with van der Waals surface area (Å²) in [5.41, 5.74) is 0.0935. The van der Waals surface area contributed by atoms with Crippen LogP contribution in [0.15, 0.2) is 24.3 Å². The third-order valence-electron chi connectivity index (χ3n) is 2.81. The van der Waals surface area contributed by atoms with Crippen molar-refractivity contribution in [1.82, 2.24) is 5.32 Å². The van der Waals surface area contributed by atoms with Gasteiger partial charge in [-0.05, 0) is 80.0 Å². The summed E-state index contributed by atoms with van der Waals surface area (Å²) < 4.78 is 6.47. The standard InChI is InChI=1S/C17H25IN2O3/c1-11(2)10-14(15(21)23-17(3,4)5)20-16(22)19-13-8-6-12(18)7-9-13/h6-9,11,14H,10H2,1-5H3,(H2,19,20,22)/t14-/m0/s1. The van der Waals surface area contributed by atoms with Gasteiger partial charge < -0.3 is 15.4 Å². The number of anilines is 1. The van der Waals surface area contributed by atoms with Crippen molar-refractivity contribution in [3.63, 3.8) is 0 Å². The van der Waals surface area contributed by atoms with Crippen LogP contribution in [0.25, 0.3) is 0 Å². The molecule has 1 aromatic rings. The molecule has 0 aromatic heterocycles. The molecule has 0 heterocycles. The number of benzene rings is 1. The van der Waals surface area contributed by atoms with E-state index in [-0.39, 0.29) is 5.92 Å². The Hall–Kier alpha value is -1.31. The van der Waals surface area contributed by atoms with Gasteiger partial charge in [-0.2, -0.15) is 0 Å². The van der Waals surface area contributed by atoms with Gasteiger partial charge in [-0.15, -0.1) is 0 Å². The van der Waals surface area contributed by atoms with Crippen molar-refractivity contribution in [3.8, 4) is 0 Å². The average Bonchev–Trinajstić information content (AvgIpc) is 2.38. The highest BCUT2D eigenvalue weighted by Crippen LogP contribution is 2.14. The Morgan fingerprint density at radius 1 is 1.17 bits per heavy atom. The van der Waals surface area contributed by atoms with Gasteiger partial charge in [0, 0.05) is 9.26 Å². The van der Waals surface area contributed by atoms with Crippen LogP contribution in [0.3, 0.4) is 0 Å². The Morgan fingerprint density at radius 3 is 2.22 bits per heavy atom. The molecule has 0 aliphatic rings. The van der Waals surface area contributed by atoms with Crippen LogP contribution in [0.4, 0.5) is 10.5 Å². The zero-order chi connectivity index (χ0) is 17.6. The predicted octanol–water partition coefficient (Wildman–Crippen LogP) is 4.17. The Bertz CT molecular complexity index is 536. The highest BCUT2D eigenvalue weighted by molar-refractivity contribution is 14.1. The fraction of sp³-hybridized carbons (Fsp3) is 0.529. The number of ether oxygens (including phenoxy) is 1. The van der Waals surface area contributed by atoms with Gasteiger partial charge in [0.1, 0.15) is 11.6 Å². The van der Waals surface area contributed by atoms with E-state index < -0.39 is 23.6 Å². The van der Waals surface area contributed by atoms with Crippen LogP contribution >= 0.6 is 22.6 Å². The minimum absolute atomic E-state index is 0.256. The molecule has 128 valence electrons. The Balaban J connectivity index is 2.70. The lowest BCUT2D eigenvalue weighted by Gasteiger charge is -2.25. The summed E-state index contributed by atoms with van der Waals surface area (Å²) in [5.74, 6) is -0.157. The number of rotatable bonds is 5. The first-order chi connectivity index (χ1) is 10.6. The molecule has 23 heavy (non-hydrogen) atoms. The third-order valence-corrected chi connectivity index (χ3v) is 3.52. The quantitative estimate of drug-likeness (QED) is 0.542. The maximum atomic E-state index is 12.3. The molecule has 0 aliphatic heterocycles. The zero-order valence-electron chi connectivity index (χ0n) is 14.3. The zero-order valence-corrected chi connectivity index (χ0v) is 16.4. The summed E-state index contributed by atoms with van der Waals surface area (Å²) in [7, 11) is 0. The first-order valence-corrected chi connectivity index (χ1v) is 8.70. The topological polar surface area (TPSA) is 67.4 Å². The van der Waals surface area contributed by atoms with E-state index in [1.165, 1.54) is 0 Å². The van der Waals surface area contributed by atoms with Gasteiger partial charge in [-0.3, -0.25) is 0 Å². The molecule has 0 saturated heterocycles. The molecule has 2 amide bonds. The van der Waals surface area contributed by atoms with Crippen molar-refractivity contribution in [1.29, 1.82) is 0 Å². The van der Waals surface area contributed by atoms with Crippen LogP contribution in [0.1, 0.15) is 41.0 Å². The largest absolute Gasteiger partial charge is 0.458 e. The number of nitrogens with one attached hydrogen (secondary N) is 2. The molecule has 0 spiro atoms. The minimum Gasteiger partial charge on any atom is -0.458 e. The predicted molar refractivity (Wildman–Crippen MR) is 100 cm³/mol. The van der Waals surface area contributed by atoms with Crippen LogP contribution in [-0.2, 0) is 9.53 Å². The molecule has 1 aromatic carbocycles. The fourth-order valence-electron chi connectivity index (χ4n) is 1.92. The van der Waals surface area contributed by atoms with Crippen LogP contribution in [0, 0.1) is 9.49 Å². The first-order valence-electron chi connectivity index (χ1n) is 7.63. The molecule has 0 aliphatic carbocycles. The molecular formula is C17H25IN2O3. The first kappa shape index (κ1) is 19.7. The van der Waals surface area contributed by atoms with E-state index in [1.54, 1.807) is 0 Å². The molecule has 5 nitrogen and oxygen atoms in total. The van der Waals surface area contributed by atoms with Crippen molar-refractivity contribution < 1.29 is 14.3 Å². The Labute approximate surface area is 151 Å². The number of hydrogen-bond donors (Lipinski definition) is 2. The third kappa shape index (κ3) is 8.20. The number of carbonyl (C=O) groups excluding carboxylic acids is 2. The lowest BCUT2D eigenvalue weighted by atomic mass is 10.0. The van der Waals surface area contributed by atoms with Crippen LogP contribution < -0.4 is 10.6 Å². The molecule has 2 N–H and O–H groups in total. The molecule has 0 unspecified atom stereocenters. The van der Waals surface area contributed by atoms with Gasteiger partial charge in [0.2, 0.25) is 0 Å². The van der Waals surface area contributed by atoms with Crippen LogP contribution in [0.5, 0.6) is 0 Å². The molecule has 0 fully saturated rings. The summed E-state index contributed by atoms with van der Waals surface area (Å²) in [5, 5.41) is 5.44. The fourth-order valence-corrected chi connectivity index (χ4v) is 2.28. The summed E-state index contributed by atoms with van der Waals surface area (Å²) in [6.45, 7) is 9.42. The van der Waals surface area contributed by atoms with E-state index in [4.69, 9.17) is 4.74 Å². The highest BCUT2D eigenvalue weighted by Gasteiger charge is 2.27. The van der Waals surface area contributed by atoms with Crippen molar-refractivity contribution in [2.45, 2.75) is 52.7 Å². The van der Waals surface area contributed by atoms with Gasteiger partial charge in [-0.1, -0.05) is 13.8 Å². The maximum absolute atomic E-state index is 12.3. The van der Waals surface area contributed by atoms with Gasteiger partial charge >= 0.3 is 12.0 Å². The van der Waals surface area contributed by atoms with E-state index in [0.717, 1.165) is 3.57 Å². The normalized spacial score (nSPS) is 12.7. The number of carbonyl (C=O) groups is 2. The SMILES string of the molecule is CC(C)C[C@H](NC(=O)Nc1ccc(I)cc1)C(=O)OC(C)(C)C. The van der Waals surface area contributed by atoms with Crippen LogP contribution in [0.2, 0.25) is 0 Å². The molecular weight excluding hydrogens is 407 g/mol. The number of amides is 2. The second kappa shape index (κ2) is 8.52. The molecule has 0 bridgehead atoms. The van der Waals surface area contributed by atoms with Crippen molar-refractivity contribution >= 4 is 40.3 Å². The smallest absolute Gasteiger partial charge is 0.329 e. The molecule has 6 heteroatoms. The minimum atomic E-state index is -0.668. The molecule has 1 rings (SSSR count). The van der Waals surface area contributed by atoms with E-state index in [1.807, 2.05) is 58.9 Å². The van der Waals surface area contributed by atoms with Crippen molar-refractivity contribution in [3.05, 3.63) is 27.8 Å². The Kier molecular flexibility index (Phi) is 7.31. The second-order valence-electron chi connectivity index (χ2n) is 6.82. The summed E-state index contributed by atoms with van der Waals surface area (Å²) in [4.78, 5) is 24.4. The number of urea groups is 1. The summed E-state index contributed by atoms with van der Waals surface area (Å²) >= 11 is 2.19. The van der Waals surface area contributed by atoms with Crippen molar-refractivity contribution in [2.24, 2.45) is 5.92 Å². The summed E-state index contributed by atoms with van der Waals surface area (Å²) in [6, 6.07) is 6.34. The van der Waals surface area contributed by atoms with Crippen LogP contribution in [-0.4, -0.2) is 23.6 Å². The monoisotopic (exact) mass is 432 g/mol. The lowest BCUT2D eigenvalue weighted by Crippen LogP contribution is -2.46. The van der Waals surface area contributed by atoms with E-state index in [0.29, 0.717) is 12.1 Å². The van der Waals surface area contributed by atoms with Gasteiger partial charge in [0.05, 0.1) is 0 Å². The average molecular weight is 432 g/mol. The van der Waals surface area contributed by atoms with E-state index >= 15 is 0 Å². The van der Waals surface area contributed by atoms with E-state index in [9.17, 15) is 9.59 Å².